The van der Waals surface area contributed by atoms with Gasteiger partial charge in [0.2, 0.25) is 0 Å². The van der Waals surface area contributed by atoms with E-state index in [1.165, 1.54) is 12.4 Å². The van der Waals surface area contributed by atoms with Gasteiger partial charge in [-0.25, -0.2) is 0 Å². The summed E-state index contributed by atoms with van der Waals surface area (Å²) < 4.78 is 9.42. The molecule has 0 aliphatic rings. The van der Waals surface area contributed by atoms with Crippen LogP contribution in [0.25, 0.3) is 10.9 Å². The fourth-order valence-corrected chi connectivity index (χ4v) is 4.62. The van der Waals surface area contributed by atoms with Crippen molar-refractivity contribution < 1.29 is 1.37 Å². The molecular weight excluding hydrogens is 496 g/mol. The summed E-state index contributed by atoms with van der Waals surface area (Å²) in [6.07, 6.45) is 3.75. The topological polar surface area (TPSA) is 126 Å². The van der Waals surface area contributed by atoms with Crippen molar-refractivity contribution in [2.45, 2.75) is 25.4 Å². The van der Waals surface area contributed by atoms with Gasteiger partial charge >= 0.3 is 0 Å². The second kappa shape index (κ2) is 11.0. The molecule has 2 heterocycles. The molecule has 0 amide bonds. The van der Waals surface area contributed by atoms with E-state index >= 15 is 0 Å². The molecule has 0 aliphatic heterocycles. The number of H-pyrrole nitrogens is 1. The Kier molecular flexibility index (Phi) is 6.80. The minimum atomic E-state index is -1.61. The third-order valence-corrected chi connectivity index (χ3v) is 6.48. The van der Waals surface area contributed by atoms with Crippen molar-refractivity contribution >= 4 is 33.9 Å². The number of hydrogen-bond acceptors (Lipinski definition) is 7. The lowest BCUT2D eigenvalue weighted by Crippen LogP contribution is -2.14. The van der Waals surface area contributed by atoms with Gasteiger partial charge in [-0.3, -0.25) is 4.98 Å². The van der Waals surface area contributed by atoms with E-state index in [1.807, 2.05) is 36.4 Å². The molecule has 8 nitrogen and oxygen atoms in total. The molecule has 38 heavy (non-hydrogen) atoms. The molecule has 0 aliphatic carbocycles. The first-order valence-corrected chi connectivity index (χ1v) is 12.3. The van der Waals surface area contributed by atoms with Gasteiger partial charge in [-0.05, 0) is 41.8 Å². The van der Waals surface area contributed by atoms with E-state index in [2.05, 4.69) is 50.1 Å². The zero-order chi connectivity index (χ0) is 27.4. The number of pyridine rings is 1. The van der Waals surface area contributed by atoms with Crippen LogP contribution in [0.15, 0.2) is 79.1 Å². The first kappa shape index (κ1) is 23.5. The van der Waals surface area contributed by atoms with Crippen molar-refractivity contribution in [3.63, 3.8) is 0 Å². The van der Waals surface area contributed by atoms with E-state index in [4.69, 9.17) is 11.6 Å². The molecular formula is C29H23ClN8. The van der Waals surface area contributed by atoms with Gasteiger partial charge < -0.3 is 10.6 Å². The molecule has 3 aromatic carbocycles. The first-order chi connectivity index (χ1) is 19.0. The second-order valence-electron chi connectivity index (χ2n) is 8.58. The molecule has 3 N–H and O–H groups in total. The number of nitrogens with zero attached hydrogens (tertiary/aromatic N) is 5. The van der Waals surface area contributed by atoms with Gasteiger partial charge in [-0.1, -0.05) is 61.0 Å². The average molecular weight is 520 g/mol. The number of halogens is 1. The lowest BCUT2D eigenvalue weighted by atomic mass is 10.0. The molecule has 0 bridgehead atoms. The zero-order valence-corrected chi connectivity index (χ0v) is 21.2. The molecule has 2 aromatic heterocycles. The summed E-state index contributed by atoms with van der Waals surface area (Å²) in [5, 5.41) is 37.7. The second-order valence-corrected chi connectivity index (χ2v) is 8.98. The van der Waals surface area contributed by atoms with Crippen molar-refractivity contribution in [3.8, 4) is 12.1 Å². The van der Waals surface area contributed by atoms with Gasteiger partial charge in [0.1, 0.15) is 11.8 Å². The number of aromatic nitrogens is 4. The van der Waals surface area contributed by atoms with Gasteiger partial charge in [0.25, 0.3) is 0 Å². The van der Waals surface area contributed by atoms with Gasteiger partial charge in [0.15, 0.2) is 0 Å². The Morgan fingerprint density at radius 3 is 2.53 bits per heavy atom. The molecule has 5 aromatic rings. The zero-order valence-electron chi connectivity index (χ0n) is 21.4. The van der Waals surface area contributed by atoms with Crippen molar-refractivity contribution in [2.75, 3.05) is 10.6 Å². The number of hydrogen-bond donors (Lipinski definition) is 3. The third kappa shape index (κ3) is 4.99. The van der Waals surface area contributed by atoms with E-state index in [9.17, 15) is 11.9 Å². The van der Waals surface area contributed by atoms with Crippen LogP contribution in [-0.4, -0.2) is 20.4 Å². The van der Waals surface area contributed by atoms with Crippen LogP contribution in [0.3, 0.4) is 0 Å². The summed E-state index contributed by atoms with van der Waals surface area (Å²) in [5.41, 5.74) is 4.29. The predicted octanol–water partition coefficient (Wildman–Crippen LogP) is 6.51. The summed E-state index contributed by atoms with van der Waals surface area (Å²) in [6, 6.07) is 22.9. The van der Waals surface area contributed by atoms with E-state index < -0.39 is 6.02 Å². The summed E-state index contributed by atoms with van der Waals surface area (Å²) in [7, 11) is 0. The van der Waals surface area contributed by atoms with Crippen molar-refractivity contribution in [1.29, 1.82) is 10.5 Å². The number of fused-ring (bicyclic) bond motifs is 1. The van der Waals surface area contributed by atoms with Gasteiger partial charge in [-0.2, -0.15) is 25.9 Å². The number of nitriles is 2. The maximum absolute atomic E-state index is 9.93. The summed E-state index contributed by atoms with van der Waals surface area (Å²) in [6.45, 7) is 2.07. The van der Waals surface area contributed by atoms with Crippen LogP contribution >= 0.6 is 11.6 Å². The Hall–Kier alpha value is -4.92. The average Bonchev–Trinajstić information content (AvgIpc) is 3.52. The van der Waals surface area contributed by atoms with E-state index in [0.717, 1.165) is 12.0 Å². The molecule has 0 radical (unpaired) electrons. The fourth-order valence-electron chi connectivity index (χ4n) is 4.35. The molecule has 2 atom stereocenters. The molecule has 0 saturated heterocycles. The fraction of sp³-hybridized carbons (Fsp3) is 0.138. The van der Waals surface area contributed by atoms with Gasteiger partial charge in [-0.15, -0.1) is 0 Å². The van der Waals surface area contributed by atoms with Crippen LogP contribution in [-0.2, 0) is 0 Å². The molecule has 5 rings (SSSR count). The normalized spacial score (nSPS) is 13.5. The minimum Gasteiger partial charge on any atom is -0.377 e. The molecule has 0 unspecified atom stereocenters. The largest absolute Gasteiger partial charge is 0.377 e. The highest BCUT2D eigenvalue weighted by Gasteiger charge is 2.21. The molecule has 9 heteroatoms. The quantitative estimate of drug-likeness (QED) is 0.213. The van der Waals surface area contributed by atoms with Crippen molar-refractivity contribution in [2.24, 2.45) is 0 Å². The molecule has 0 spiro atoms. The number of aromatic amines is 1. The maximum atomic E-state index is 9.93. The van der Waals surface area contributed by atoms with Crippen LogP contribution in [0.5, 0.6) is 0 Å². The van der Waals surface area contributed by atoms with Crippen LogP contribution in [0.2, 0.25) is 5.02 Å². The predicted molar refractivity (Wildman–Crippen MR) is 148 cm³/mol. The SMILES string of the molecule is [2H][C@@](Nc1cc(Cl)c2ncc(C#N)c(N[C@H](CC)c3ccccc3)c2c1)(c1cccc(C#N)c1)c1cn[nH]n1. The highest BCUT2D eigenvalue weighted by molar-refractivity contribution is 6.35. The lowest BCUT2D eigenvalue weighted by molar-refractivity contribution is 0.750. The van der Waals surface area contributed by atoms with Gasteiger partial charge in [0, 0.05) is 17.3 Å². The minimum absolute atomic E-state index is 0.0570. The number of nitrogens with one attached hydrogen (secondary N) is 3. The highest BCUT2D eigenvalue weighted by atomic mass is 35.5. The highest BCUT2D eigenvalue weighted by Crippen LogP contribution is 2.37. The maximum Gasteiger partial charge on any atom is 0.109 e. The third-order valence-electron chi connectivity index (χ3n) is 6.19. The van der Waals surface area contributed by atoms with Crippen molar-refractivity contribution in [1.82, 2.24) is 20.4 Å². The summed E-state index contributed by atoms with van der Waals surface area (Å²) >= 11 is 6.71. The summed E-state index contributed by atoms with van der Waals surface area (Å²) in [4.78, 5) is 4.45. The Morgan fingerprint density at radius 2 is 1.82 bits per heavy atom. The Bertz CT molecular complexity index is 1710. The van der Waals surface area contributed by atoms with Gasteiger partial charge in [0.05, 0.1) is 53.1 Å². The first-order valence-electron chi connectivity index (χ1n) is 12.5. The van der Waals surface area contributed by atoms with E-state index in [-0.39, 0.29) is 6.04 Å². The van der Waals surface area contributed by atoms with Crippen LogP contribution in [0, 0.1) is 22.7 Å². The lowest BCUT2D eigenvalue weighted by Gasteiger charge is -2.22. The molecule has 0 saturated carbocycles. The Morgan fingerprint density at radius 1 is 1.00 bits per heavy atom. The van der Waals surface area contributed by atoms with Crippen molar-refractivity contribution in [3.05, 3.63) is 112 Å². The number of rotatable bonds is 8. The summed E-state index contributed by atoms with van der Waals surface area (Å²) in [5.74, 6) is 0. The van der Waals surface area contributed by atoms with E-state index in [1.54, 1.807) is 30.3 Å². The van der Waals surface area contributed by atoms with Crippen LogP contribution < -0.4 is 10.6 Å². The van der Waals surface area contributed by atoms with Crippen LogP contribution in [0.1, 0.15) is 54.7 Å². The van der Waals surface area contributed by atoms with Crippen LogP contribution in [0.4, 0.5) is 11.4 Å². The smallest absolute Gasteiger partial charge is 0.109 e. The van der Waals surface area contributed by atoms with E-state index in [0.29, 0.717) is 49.7 Å². The molecule has 186 valence electrons. The standard InChI is InChI=1S/C29H23ClN8/c1-2-25(19-8-4-3-5-9-19)36-27-21(15-32)16-33-29-23(27)12-22(13-24(29)30)35-28(26-17-34-38-37-26)20-10-6-7-18(11-20)14-31/h3-13,16-17,25,28,35H,2H2,1H3,(H,33,36)(H,34,37,38)/t25-,28-/m1/s1/i28D. The monoisotopic (exact) mass is 519 g/mol. The number of benzene rings is 3. The Labute approximate surface area is 226 Å². The molecule has 0 fully saturated rings. The number of anilines is 2. The Balaban J connectivity index is 1.64.